The molecule has 3 unspecified atom stereocenters. The van der Waals surface area contributed by atoms with Crippen LogP contribution in [0.2, 0.25) is 0 Å². The first-order chi connectivity index (χ1) is 9.04. The zero-order chi connectivity index (χ0) is 14.0. The summed E-state index contributed by atoms with van der Waals surface area (Å²) in [5.74, 6) is -1.17. The number of nitrogens with zero attached hydrogens (tertiary/aromatic N) is 1. The Kier molecular flexibility index (Phi) is 4.60. The minimum Gasteiger partial charge on any atom is -0.481 e. The van der Waals surface area contributed by atoms with Gasteiger partial charge in [0.05, 0.1) is 19.1 Å². The van der Waals surface area contributed by atoms with E-state index in [0.717, 1.165) is 6.54 Å². The van der Waals surface area contributed by atoms with Crippen LogP contribution in [0, 0.1) is 12.8 Å². The van der Waals surface area contributed by atoms with E-state index in [4.69, 9.17) is 4.74 Å². The molecule has 1 saturated heterocycles. The molecule has 5 heteroatoms. The highest BCUT2D eigenvalue weighted by molar-refractivity contribution is 7.12. The van der Waals surface area contributed by atoms with Gasteiger partial charge in [-0.3, -0.25) is 9.69 Å². The van der Waals surface area contributed by atoms with E-state index in [9.17, 15) is 9.90 Å². The summed E-state index contributed by atoms with van der Waals surface area (Å²) >= 11 is 1.78. The normalized spacial score (nSPS) is 24.8. The van der Waals surface area contributed by atoms with Gasteiger partial charge in [-0.15, -0.1) is 11.3 Å². The van der Waals surface area contributed by atoms with E-state index in [2.05, 4.69) is 37.8 Å². The number of likely N-dealkylation sites (N-methyl/N-ethyl adjacent to an activating group) is 1. The summed E-state index contributed by atoms with van der Waals surface area (Å²) < 4.78 is 5.39. The van der Waals surface area contributed by atoms with Crippen LogP contribution in [0.5, 0.6) is 0 Å². The maximum Gasteiger partial charge on any atom is 0.310 e. The van der Waals surface area contributed by atoms with Gasteiger partial charge in [-0.25, -0.2) is 0 Å². The number of carboxylic acids is 1. The molecule has 106 valence electrons. The van der Waals surface area contributed by atoms with Gasteiger partial charge in [0.1, 0.15) is 0 Å². The molecule has 1 aliphatic heterocycles. The fourth-order valence-corrected chi connectivity index (χ4v) is 3.69. The molecule has 0 radical (unpaired) electrons. The lowest BCUT2D eigenvalue weighted by atomic mass is 10.0. The minimum absolute atomic E-state index is 0.0279. The first-order valence-electron chi connectivity index (χ1n) is 6.67. The van der Waals surface area contributed by atoms with E-state index in [0.29, 0.717) is 13.2 Å². The Bertz CT molecular complexity index is 446. The van der Waals surface area contributed by atoms with Crippen molar-refractivity contribution >= 4 is 17.3 Å². The number of hydrogen-bond donors (Lipinski definition) is 1. The van der Waals surface area contributed by atoms with Crippen molar-refractivity contribution in [3.63, 3.8) is 0 Å². The molecule has 4 nitrogen and oxygen atoms in total. The Balaban J connectivity index is 2.17. The molecule has 0 saturated carbocycles. The van der Waals surface area contributed by atoms with Crippen molar-refractivity contribution in [2.24, 2.45) is 5.92 Å². The third-order valence-corrected chi connectivity index (χ3v) is 5.00. The Morgan fingerprint density at radius 2 is 2.32 bits per heavy atom. The Morgan fingerprint density at radius 1 is 1.58 bits per heavy atom. The average Bonchev–Trinajstić information content (AvgIpc) is 2.98. The monoisotopic (exact) mass is 283 g/mol. The van der Waals surface area contributed by atoms with Crippen molar-refractivity contribution in [3.05, 3.63) is 21.9 Å². The van der Waals surface area contributed by atoms with Crippen molar-refractivity contribution in [3.8, 4) is 0 Å². The largest absolute Gasteiger partial charge is 0.481 e. The Hall–Kier alpha value is -0.910. The molecule has 1 aliphatic rings. The second-order valence-electron chi connectivity index (χ2n) is 5.00. The second kappa shape index (κ2) is 6.03. The lowest BCUT2D eigenvalue weighted by Crippen LogP contribution is -2.44. The zero-order valence-electron chi connectivity index (χ0n) is 11.6. The van der Waals surface area contributed by atoms with E-state index >= 15 is 0 Å². The van der Waals surface area contributed by atoms with E-state index in [1.165, 1.54) is 9.75 Å². The van der Waals surface area contributed by atoms with E-state index in [1.807, 2.05) is 0 Å². The topological polar surface area (TPSA) is 49.8 Å². The first-order valence-corrected chi connectivity index (χ1v) is 7.48. The van der Waals surface area contributed by atoms with Crippen molar-refractivity contribution in [1.82, 2.24) is 4.90 Å². The molecular weight excluding hydrogens is 262 g/mol. The first kappa shape index (κ1) is 14.5. The van der Waals surface area contributed by atoms with Gasteiger partial charge in [0, 0.05) is 21.8 Å². The molecule has 1 aromatic heterocycles. The van der Waals surface area contributed by atoms with Crippen LogP contribution in [0.15, 0.2) is 12.1 Å². The number of hydrogen-bond acceptors (Lipinski definition) is 4. The summed E-state index contributed by atoms with van der Waals surface area (Å²) in [6.45, 7) is 7.98. The number of carboxylic acid groups (broad SMARTS) is 1. The molecule has 3 atom stereocenters. The highest BCUT2D eigenvalue weighted by Crippen LogP contribution is 2.32. The molecular formula is C14H21NO3S. The summed E-state index contributed by atoms with van der Waals surface area (Å²) in [4.78, 5) is 16.1. The quantitative estimate of drug-likeness (QED) is 0.902. The number of carbonyl (C=O) groups is 1. The molecule has 1 fully saturated rings. The fourth-order valence-electron chi connectivity index (χ4n) is 2.74. The number of aryl methyl sites for hydroxylation is 1. The standard InChI is InChI=1S/C14H21NO3S/c1-4-15(10(3)13-6-5-9(2)19-13)12-8-18-7-11(12)14(16)17/h5-6,10-12H,4,7-8H2,1-3H3,(H,16,17). The average molecular weight is 283 g/mol. The number of thiophene rings is 1. The SMILES string of the molecule is CCN(C(C)c1ccc(C)s1)C1COCC1C(=O)O. The third-order valence-electron chi connectivity index (χ3n) is 3.83. The molecule has 1 N–H and O–H groups in total. The highest BCUT2D eigenvalue weighted by atomic mass is 32.1. The summed E-state index contributed by atoms with van der Waals surface area (Å²) in [6.07, 6.45) is 0. The summed E-state index contributed by atoms with van der Waals surface area (Å²) in [6, 6.07) is 4.46. The molecule has 0 amide bonds. The van der Waals surface area contributed by atoms with Gasteiger partial charge in [0.15, 0.2) is 0 Å². The van der Waals surface area contributed by atoms with Crippen LogP contribution in [0.25, 0.3) is 0 Å². The lowest BCUT2D eigenvalue weighted by Gasteiger charge is -2.34. The highest BCUT2D eigenvalue weighted by Gasteiger charge is 2.39. The van der Waals surface area contributed by atoms with Gasteiger partial charge in [-0.2, -0.15) is 0 Å². The van der Waals surface area contributed by atoms with Gasteiger partial charge in [0.25, 0.3) is 0 Å². The summed E-state index contributed by atoms with van der Waals surface area (Å²) in [5.41, 5.74) is 0. The van der Waals surface area contributed by atoms with Crippen molar-refractivity contribution in [2.45, 2.75) is 32.9 Å². The second-order valence-corrected chi connectivity index (χ2v) is 6.32. The Morgan fingerprint density at radius 3 is 2.84 bits per heavy atom. The van der Waals surface area contributed by atoms with Gasteiger partial charge >= 0.3 is 5.97 Å². The van der Waals surface area contributed by atoms with Crippen molar-refractivity contribution in [2.75, 3.05) is 19.8 Å². The molecule has 19 heavy (non-hydrogen) atoms. The Labute approximate surface area is 118 Å². The molecule has 0 spiro atoms. The van der Waals surface area contributed by atoms with Crippen LogP contribution < -0.4 is 0 Å². The van der Waals surface area contributed by atoms with E-state index in [1.54, 1.807) is 11.3 Å². The molecule has 2 rings (SSSR count). The predicted octanol–water partition coefficient (Wildman–Crippen LogP) is 2.54. The van der Waals surface area contributed by atoms with Gasteiger partial charge in [0.2, 0.25) is 0 Å². The summed E-state index contributed by atoms with van der Waals surface area (Å²) in [7, 11) is 0. The smallest absolute Gasteiger partial charge is 0.310 e. The number of aliphatic carboxylic acids is 1. The minimum atomic E-state index is -0.754. The van der Waals surface area contributed by atoms with Crippen LogP contribution >= 0.6 is 11.3 Å². The maximum atomic E-state index is 11.3. The summed E-state index contributed by atoms with van der Waals surface area (Å²) in [5, 5.41) is 9.28. The molecule has 0 aliphatic carbocycles. The third kappa shape index (κ3) is 2.99. The maximum absolute atomic E-state index is 11.3. The van der Waals surface area contributed by atoms with Crippen molar-refractivity contribution in [1.29, 1.82) is 0 Å². The molecule has 2 heterocycles. The van der Waals surface area contributed by atoms with Crippen LogP contribution in [0.4, 0.5) is 0 Å². The number of ether oxygens (including phenoxy) is 1. The van der Waals surface area contributed by atoms with Gasteiger partial charge < -0.3 is 9.84 Å². The van der Waals surface area contributed by atoms with E-state index in [-0.39, 0.29) is 12.1 Å². The van der Waals surface area contributed by atoms with Crippen LogP contribution in [-0.2, 0) is 9.53 Å². The lowest BCUT2D eigenvalue weighted by molar-refractivity contribution is -0.143. The van der Waals surface area contributed by atoms with E-state index < -0.39 is 11.9 Å². The van der Waals surface area contributed by atoms with Gasteiger partial charge in [-0.05, 0) is 32.5 Å². The van der Waals surface area contributed by atoms with Crippen LogP contribution in [-0.4, -0.2) is 41.8 Å². The predicted molar refractivity (Wildman–Crippen MR) is 75.6 cm³/mol. The van der Waals surface area contributed by atoms with Gasteiger partial charge in [-0.1, -0.05) is 6.92 Å². The fraction of sp³-hybridized carbons (Fsp3) is 0.643. The molecule has 1 aromatic rings. The van der Waals surface area contributed by atoms with Crippen molar-refractivity contribution < 1.29 is 14.6 Å². The molecule has 0 aromatic carbocycles. The van der Waals surface area contributed by atoms with Crippen LogP contribution in [0.1, 0.15) is 29.6 Å². The zero-order valence-corrected chi connectivity index (χ0v) is 12.4. The van der Waals surface area contributed by atoms with Crippen LogP contribution in [0.3, 0.4) is 0 Å². The molecule has 0 bridgehead atoms. The number of rotatable bonds is 5.